The molecule has 104 valence electrons. The van der Waals surface area contributed by atoms with Gasteiger partial charge in [-0.2, -0.15) is 4.31 Å². The van der Waals surface area contributed by atoms with Gasteiger partial charge in [0.2, 0.25) is 10.0 Å². The minimum Gasteiger partial charge on any atom is -0.396 e. The van der Waals surface area contributed by atoms with E-state index >= 15 is 0 Å². The molecule has 1 aliphatic rings. The molecule has 1 fully saturated rings. The second-order valence-corrected chi connectivity index (χ2v) is 6.23. The van der Waals surface area contributed by atoms with E-state index in [1.807, 2.05) is 0 Å². The Bertz CT molecular complexity index is 573. The highest BCUT2D eigenvalue weighted by atomic mass is 32.2. The Morgan fingerprint density at radius 2 is 2.16 bits per heavy atom. The van der Waals surface area contributed by atoms with Gasteiger partial charge in [-0.15, -0.1) is 0 Å². The molecule has 1 aromatic rings. The lowest BCUT2D eigenvalue weighted by Gasteiger charge is -2.36. The largest absolute Gasteiger partial charge is 0.396 e. The number of nitrogens with two attached hydrogens (primary N) is 1. The van der Waals surface area contributed by atoms with Gasteiger partial charge in [0.25, 0.3) is 0 Å². The number of sulfonamides is 1. The van der Waals surface area contributed by atoms with Crippen LogP contribution in [0.5, 0.6) is 0 Å². The summed E-state index contributed by atoms with van der Waals surface area (Å²) < 4.78 is 44.1. The molecule has 0 spiro atoms. The first-order valence-electron chi connectivity index (χ1n) is 5.68. The van der Waals surface area contributed by atoms with Gasteiger partial charge in [0.15, 0.2) is 0 Å². The van der Waals surface area contributed by atoms with Crippen molar-refractivity contribution in [3.8, 4) is 0 Å². The molecule has 1 aromatic carbocycles. The summed E-state index contributed by atoms with van der Waals surface area (Å²) in [5.74, 6) is -1.34. The van der Waals surface area contributed by atoms with E-state index in [0.717, 1.165) is 10.4 Å². The van der Waals surface area contributed by atoms with Crippen molar-refractivity contribution in [2.45, 2.75) is 17.1 Å². The topological polar surface area (TPSA) is 92.9 Å². The van der Waals surface area contributed by atoms with Crippen LogP contribution in [-0.4, -0.2) is 51.1 Å². The number of ether oxygens (including phenoxy) is 1. The predicted octanol–water partition coefficient (Wildman–Crippen LogP) is -1.29. The Labute approximate surface area is 111 Å². The summed E-state index contributed by atoms with van der Waals surface area (Å²) in [6, 6.07) is 3.24. The number of hydrogen-bond acceptors (Lipinski definition) is 5. The number of aliphatic hydroxyl groups is 1. The minimum absolute atomic E-state index is 0.110. The number of nitrogen functional groups attached to an aromatic ring is 1. The SMILES string of the molecule is B[C@H]1COC[C@@H](O)N1S(=O)(=O)c1ccc(N)c(F)c1. The fourth-order valence-electron chi connectivity index (χ4n) is 1.97. The smallest absolute Gasteiger partial charge is 0.245 e. The van der Waals surface area contributed by atoms with Gasteiger partial charge in [-0.05, 0) is 18.2 Å². The van der Waals surface area contributed by atoms with Crippen LogP contribution >= 0.6 is 0 Å². The number of hydrogen-bond donors (Lipinski definition) is 2. The molecular weight excluding hydrogens is 274 g/mol. The predicted molar refractivity (Wildman–Crippen MR) is 69.0 cm³/mol. The Balaban J connectivity index is 2.43. The molecule has 2 atom stereocenters. The molecule has 1 aliphatic heterocycles. The van der Waals surface area contributed by atoms with Crippen LogP contribution in [-0.2, 0) is 14.8 Å². The lowest BCUT2D eigenvalue weighted by Crippen LogP contribution is -2.55. The standard InChI is InChI=1S/C10H14BFN2O4S/c11-9-4-18-5-10(15)14(9)19(16,17)6-1-2-8(13)7(12)3-6/h1-3,9-10,15H,4-5,11,13H2/t9-,10-/m1/s1. The van der Waals surface area contributed by atoms with Crippen LogP contribution < -0.4 is 5.73 Å². The highest BCUT2D eigenvalue weighted by Crippen LogP contribution is 2.24. The Morgan fingerprint density at radius 3 is 2.74 bits per heavy atom. The van der Waals surface area contributed by atoms with Crippen molar-refractivity contribution in [2.24, 2.45) is 0 Å². The maximum atomic E-state index is 13.4. The van der Waals surface area contributed by atoms with Crippen molar-refractivity contribution in [2.75, 3.05) is 18.9 Å². The van der Waals surface area contributed by atoms with Gasteiger partial charge in [0.05, 0.1) is 23.8 Å². The third-order valence-electron chi connectivity index (χ3n) is 2.90. The molecule has 9 heteroatoms. The van der Waals surface area contributed by atoms with Crippen molar-refractivity contribution in [3.63, 3.8) is 0 Å². The molecule has 3 N–H and O–H groups in total. The number of nitrogens with zero attached hydrogens (tertiary/aromatic N) is 1. The highest BCUT2D eigenvalue weighted by Gasteiger charge is 2.37. The van der Waals surface area contributed by atoms with E-state index in [1.165, 1.54) is 12.1 Å². The van der Waals surface area contributed by atoms with Crippen LogP contribution in [0.2, 0.25) is 0 Å². The van der Waals surface area contributed by atoms with Gasteiger partial charge in [-0.3, -0.25) is 0 Å². The highest BCUT2D eigenvalue weighted by molar-refractivity contribution is 7.89. The van der Waals surface area contributed by atoms with E-state index in [-0.39, 0.29) is 23.8 Å². The summed E-state index contributed by atoms with van der Waals surface area (Å²) in [6.45, 7) is 0.0643. The molecule has 2 rings (SSSR count). The number of aliphatic hydroxyl groups excluding tert-OH is 1. The van der Waals surface area contributed by atoms with Crippen molar-refractivity contribution in [1.29, 1.82) is 0 Å². The fourth-order valence-corrected chi connectivity index (χ4v) is 3.62. The first kappa shape index (κ1) is 14.3. The molecule has 1 heterocycles. The average Bonchev–Trinajstić information content (AvgIpc) is 2.32. The lowest BCUT2D eigenvalue weighted by atomic mass is 9.97. The molecule has 0 amide bonds. The molecule has 0 radical (unpaired) electrons. The number of halogens is 1. The summed E-state index contributed by atoms with van der Waals surface area (Å²) in [6.07, 6.45) is -1.28. The Hall–Kier alpha value is -1.16. The van der Waals surface area contributed by atoms with Gasteiger partial charge < -0.3 is 15.6 Å². The molecule has 0 bridgehead atoms. The van der Waals surface area contributed by atoms with Crippen molar-refractivity contribution in [1.82, 2.24) is 4.31 Å². The van der Waals surface area contributed by atoms with E-state index in [4.69, 9.17) is 10.5 Å². The zero-order valence-electron chi connectivity index (χ0n) is 10.3. The molecule has 19 heavy (non-hydrogen) atoms. The van der Waals surface area contributed by atoms with Gasteiger partial charge in [-0.25, -0.2) is 12.8 Å². The summed E-state index contributed by atoms with van der Waals surface area (Å²) in [4.78, 5) is -0.244. The first-order chi connectivity index (χ1) is 8.84. The second-order valence-electron chi connectivity index (χ2n) is 4.39. The van der Waals surface area contributed by atoms with Gasteiger partial charge in [0, 0.05) is 5.94 Å². The van der Waals surface area contributed by atoms with E-state index in [1.54, 1.807) is 7.85 Å². The number of benzene rings is 1. The molecule has 0 aromatic heterocycles. The third kappa shape index (κ3) is 2.59. The quantitative estimate of drug-likeness (QED) is 0.521. The molecule has 0 saturated carbocycles. The van der Waals surface area contributed by atoms with Crippen molar-refractivity contribution in [3.05, 3.63) is 24.0 Å². The number of rotatable bonds is 2. The average molecular weight is 288 g/mol. The Morgan fingerprint density at radius 1 is 1.47 bits per heavy atom. The summed E-state index contributed by atoms with van der Waals surface area (Å²) in [5, 5.41) is 9.76. The third-order valence-corrected chi connectivity index (χ3v) is 4.91. The van der Waals surface area contributed by atoms with E-state index in [9.17, 15) is 17.9 Å². The summed E-state index contributed by atoms with van der Waals surface area (Å²) >= 11 is 0. The zero-order chi connectivity index (χ0) is 14.2. The van der Waals surface area contributed by atoms with Crippen LogP contribution in [0.25, 0.3) is 0 Å². The van der Waals surface area contributed by atoms with Gasteiger partial charge in [0.1, 0.15) is 19.9 Å². The zero-order valence-corrected chi connectivity index (χ0v) is 11.1. The maximum Gasteiger partial charge on any atom is 0.245 e. The normalized spacial score (nSPS) is 25.4. The Kier molecular flexibility index (Phi) is 3.81. The van der Waals surface area contributed by atoms with E-state index < -0.39 is 28.0 Å². The molecule has 1 saturated heterocycles. The van der Waals surface area contributed by atoms with Gasteiger partial charge >= 0.3 is 0 Å². The maximum absolute atomic E-state index is 13.4. The first-order valence-corrected chi connectivity index (χ1v) is 7.12. The molecular formula is C10H14BFN2O4S. The number of anilines is 1. The van der Waals surface area contributed by atoms with Crippen LogP contribution in [0.3, 0.4) is 0 Å². The van der Waals surface area contributed by atoms with Gasteiger partial charge in [-0.1, -0.05) is 0 Å². The number of morpholine rings is 1. The van der Waals surface area contributed by atoms with Crippen LogP contribution in [0.1, 0.15) is 0 Å². The minimum atomic E-state index is -3.99. The van der Waals surface area contributed by atoms with Crippen LogP contribution in [0, 0.1) is 5.82 Å². The van der Waals surface area contributed by atoms with Crippen LogP contribution in [0.15, 0.2) is 23.1 Å². The van der Waals surface area contributed by atoms with Crippen molar-refractivity contribution >= 4 is 23.6 Å². The fraction of sp³-hybridized carbons (Fsp3) is 0.400. The monoisotopic (exact) mass is 288 g/mol. The van der Waals surface area contributed by atoms with E-state index in [0.29, 0.717) is 0 Å². The summed E-state index contributed by atoms with van der Waals surface area (Å²) in [7, 11) is -2.39. The summed E-state index contributed by atoms with van der Waals surface area (Å²) in [5.41, 5.74) is 5.18. The second kappa shape index (κ2) is 5.08. The lowest BCUT2D eigenvalue weighted by molar-refractivity contribution is -0.0765. The van der Waals surface area contributed by atoms with Crippen LogP contribution in [0.4, 0.5) is 10.1 Å². The van der Waals surface area contributed by atoms with Crippen molar-refractivity contribution < 1.29 is 22.7 Å². The molecule has 6 nitrogen and oxygen atoms in total. The molecule has 0 aliphatic carbocycles. The molecule has 0 unspecified atom stereocenters. The van der Waals surface area contributed by atoms with E-state index in [2.05, 4.69) is 0 Å².